The number of anilines is 1. The van der Waals surface area contributed by atoms with Crippen LogP contribution in [0.4, 0.5) is 5.82 Å². The van der Waals surface area contributed by atoms with Crippen LogP contribution in [0.1, 0.15) is 30.8 Å². The molecular formula is C27H27N9O2. The van der Waals surface area contributed by atoms with Crippen LogP contribution in [0.3, 0.4) is 0 Å². The molecule has 0 saturated carbocycles. The maximum absolute atomic E-state index is 13.7. The number of aryl methyl sites for hydroxylation is 2. The van der Waals surface area contributed by atoms with Gasteiger partial charge in [0.05, 0.1) is 23.3 Å². The van der Waals surface area contributed by atoms with Crippen LogP contribution >= 0.6 is 0 Å². The van der Waals surface area contributed by atoms with Gasteiger partial charge in [-0.3, -0.25) is 14.0 Å². The van der Waals surface area contributed by atoms with Gasteiger partial charge in [-0.2, -0.15) is 10.2 Å². The van der Waals surface area contributed by atoms with Gasteiger partial charge >= 0.3 is 0 Å². The van der Waals surface area contributed by atoms with Crippen molar-refractivity contribution in [3.63, 3.8) is 0 Å². The maximum atomic E-state index is 13.7. The number of aromatic amines is 1. The molecule has 0 saturated heterocycles. The highest BCUT2D eigenvalue weighted by Gasteiger charge is 2.22. The number of para-hydroxylation sites is 1. The Morgan fingerprint density at radius 2 is 2.00 bits per heavy atom. The van der Waals surface area contributed by atoms with E-state index in [1.165, 1.54) is 6.33 Å². The summed E-state index contributed by atoms with van der Waals surface area (Å²) in [5, 5.41) is 22.7. The summed E-state index contributed by atoms with van der Waals surface area (Å²) in [7, 11) is 0. The van der Waals surface area contributed by atoms with Crippen molar-refractivity contribution in [2.75, 3.05) is 11.9 Å². The van der Waals surface area contributed by atoms with Crippen LogP contribution in [0.25, 0.3) is 33.4 Å². The molecule has 0 amide bonds. The number of H-pyrrole nitrogens is 1. The van der Waals surface area contributed by atoms with E-state index in [1.807, 2.05) is 62.6 Å². The second-order valence-electron chi connectivity index (χ2n) is 9.21. The van der Waals surface area contributed by atoms with Crippen LogP contribution in [0.5, 0.6) is 0 Å². The highest BCUT2D eigenvalue weighted by Crippen LogP contribution is 2.33. The standard InChI is InChI=1S/C27H27N9O2/c1-17-9-11-35-23(17)27(38)36(20-7-4-3-5-8-20)26(33-35)18(2)32-25-22-21(14-28-24(22)29-16-30-25)19-13-31-34(15-19)10-6-12-37/h3-5,7-9,11,13-16,18,37H,6,10,12H2,1-2H3,(H2,28,29,30,32)/t18-/m0/s1. The number of rotatable bonds is 8. The normalized spacial score (nSPS) is 12.4. The Balaban J connectivity index is 1.44. The number of aliphatic hydroxyl groups excluding tert-OH is 1. The number of benzene rings is 1. The lowest BCUT2D eigenvalue weighted by molar-refractivity contribution is 0.277. The number of nitrogens with one attached hydrogen (secondary N) is 2. The van der Waals surface area contributed by atoms with Gasteiger partial charge in [-0.25, -0.2) is 14.5 Å². The van der Waals surface area contributed by atoms with Crippen molar-refractivity contribution in [2.45, 2.75) is 32.9 Å². The Morgan fingerprint density at radius 3 is 2.82 bits per heavy atom. The summed E-state index contributed by atoms with van der Waals surface area (Å²) in [6.45, 7) is 4.60. The molecule has 0 aliphatic rings. The summed E-state index contributed by atoms with van der Waals surface area (Å²) >= 11 is 0. The SMILES string of the molecule is Cc1ccn2nc([C@H](C)Nc3ncnc4[nH]cc(-c5cnn(CCCO)c5)c34)n(-c3ccccc3)c(=O)c12. The molecule has 0 bridgehead atoms. The molecule has 38 heavy (non-hydrogen) atoms. The van der Waals surface area contributed by atoms with Crippen LogP contribution in [-0.2, 0) is 6.54 Å². The maximum Gasteiger partial charge on any atom is 0.282 e. The number of aromatic nitrogens is 8. The first-order chi connectivity index (χ1) is 18.5. The summed E-state index contributed by atoms with van der Waals surface area (Å²) in [5.74, 6) is 1.16. The van der Waals surface area contributed by atoms with Crippen molar-refractivity contribution >= 4 is 22.4 Å². The topological polar surface area (TPSA) is 131 Å². The number of hydrogen-bond donors (Lipinski definition) is 3. The van der Waals surface area contributed by atoms with Gasteiger partial charge < -0.3 is 15.4 Å². The monoisotopic (exact) mass is 509 g/mol. The van der Waals surface area contributed by atoms with Crippen molar-refractivity contribution in [1.82, 2.24) is 38.9 Å². The third-order valence-electron chi connectivity index (χ3n) is 6.63. The van der Waals surface area contributed by atoms with Crippen molar-refractivity contribution in [1.29, 1.82) is 0 Å². The summed E-state index contributed by atoms with van der Waals surface area (Å²) in [4.78, 5) is 25.9. The molecule has 3 N–H and O–H groups in total. The largest absolute Gasteiger partial charge is 0.396 e. The predicted octanol–water partition coefficient (Wildman–Crippen LogP) is 3.48. The molecule has 0 aliphatic heterocycles. The average molecular weight is 510 g/mol. The fourth-order valence-corrected chi connectivity index (χ4v) is 4.77. The smallest absolute Gasteiger partial charge is 0.282 e. The van der Waals surface area contributed by atoms with Gasteiger partial charge in [0.15, 0.2) is 5.82 Å². The van der Waals surface area contributed by atoms with Crippen LogP contribution in [-0.4, -0.2) is 50.6 Å². The zero-order chi connectivity index (χ0) is 26.2. The van der Waals surface area contributed by atoms with E-state index in [4.69, 9.17) is 10.2 Å². The molecular weight excluding hydrogens is 482 g/mol. The molecule has 192 valence electrons. The van der Waals surface area contributed by atoms with Gasteiger partial charge in [0.25, 0.3) is 5.56 Å². The first-order valence-corrected chi connectivity index (χ1v) is 12.4. The van der Waals surface area contributed by atoms with E-state index in [2.05, 4.69) is 25.4 Å². The van der Waals surface area contributed by atoms with E-state index >= 15 is 0 Å². The van der Waals surface area contributed by atoms with Gasteiger partial charge in [-0.15, -0.1) is 0 Å². The quantitative estimate of drug-likeness (QED) is 0.286. The summed E-state index contributed by atoms with van der Waals surface area (Å²) in [5.41, 5.74) is 4.50. The lowest BCUT2D eigenvalue weighted by atomic mass is 10.1. The van der Waals surface area contributed by atoms with Gasteiger partial charge in [0.2, 0.25) is 0 Å². The van der Waals surface area contributed by atoms with Crippen molar-refractivity contribution in [2.24, 2.45) is 0 Å². The summed E-state index contributed by atoms with van der Waals surface area (Å²) < 4.78 is 5.10. The third-order valence-corrected chi connectivity index (χ3v) is 6.63. The molecule has 0 radical (unpaired) electrons. The zero-order valence-corrected chi connectivity index (χ0v) is 21.0. The third kappa shape index (κ3) is 4.02. The van der Waals surface area contributed by atoms with E-state index in [-0.39, 0.29) is 18.2 Å². The molecule has 5 heterocycles. The lowest BCUT2D eigenvalue weighted by Gasteiger charge is -2.20. The first kappa shape index (κ1) is 23.6. The van der Waals surface area contributed by atoms with E-state index in [9.17, 15) is 4.79 Å². The van der Waals surface area contributed by atoms with E-state index in [1.54, 1.807) is 26.2 Å². The molecule has 11 nitrogen and oxygen atoms in total. The van der Waals surface area contributed by atoms with Gasteiger partial charge in [0.1, 0.15) is 23.3 Å². The second kappa shape index (κ2) is 9.60. The van der Waals surface area contributed by atoms with Crippen LogP contribution in [0.2, 0.25) is 0 Å². The molecule has 0 spiro atoms. The van der Waals surface area contributed by atoms with E-state index < -0.39 is 0 Å². The molecule has 11 heteroatoms. The highest BCUT2D eigenvalue weighted by atomic mass is 16.3. The molecule has 0 unspecified atom stereocenters. The Bertz CT molecular complexity index is 1800. The Labute approximate surface area is 217 Å². The van der Waals surface area contributed by atoms with Crippen molar-refractivity contribution in [3.8, 4) is 16.8 Å². The lowest BCUT2D eigenvalue weighted by Crippen LogP contribution is -2.29. The van der Waals surface area contributed by atoms with Gasteiger partial charge in [-0.05, 0) is 44.0 Å². The molecule has 6 aromatic rings. The summed E-state index contributed by atoms with van der Waals surface area (Å²) in [6.07, 6.45) is 9.55. The Kier molecular flexibility index (Phi) is 5.97. The molecule has 0 aliphatic carbocycles. The van der Waals surface area contributed by atoms with Crippen LogP contribution in [0, 0.1) is 6.92 Å². The number of hydrogen-bond acceptors (Lipinski definition) is 7. The average Bonchev–Trinajstić information content (AvgIpc) is 3.66. The van der Waals surface area contributed by atoms with Crippen LogP contribution in [0.15, 0.2) is 72.3 Å². The second-order valence-corrected chi connectivity index (χ2v) is 9.21. The molecule has 6 rings (SSSR count). The minimum absolute atomic E-state index is 0.110. The summed E-state index contributed by atoms with van der Waals surface area (Å²) in [6, 6.07) is 11.0. The molecule has 5 aromatic heterocycles. The first-order valence-electron chi connectivity index (χ1n) is 12.4. The highest BCUT2D eigenvalue weighted by molar-refractivity contribution is 6.00. The fourth-order valence-electron chi connectivity index (χ4n) is 4.77. The van der Waals surface area contributed by atoms with E-state index in [0.717, 1.165) is 27.8 Å². The Hall–Kier alpha value is -4.77. The predicted molar refractivity (Wildman–Crippen MR) is 144 cm³/mol. The molecule has 0 fully saturated rings. The molecule has 1 aromatic carbocycles. The number of aliphatic hydroxyl groups is 1. The number of nitrogens with zero attached hydrogens (tertiary/aromatic N) is 7. The molecule has 1 atom stereocenters. The van der Waals surface area contributed by atoms with Crippen molar-refractivity contribution < 1.29 is 5.11 Å². The minimum atomic E-state index is -0.386. The fraction of sp³-hybridized carbons (Fsp3) is 0.222. The van der Waals surface area contributed by atoms with Crippen molar-refractivity contribution in [3.05, 3.63) is 89.3 Å². The van der Waals surface area contributed by atoms with Gasteiger partial charge in [0, 0.05) is 42.9 Å². The Morgan fingerprint density at radius 1 is 1.16 bits per heavy atom. The minimum Gasteiger partial charge on any atom is -0.396 e. The zero-order valence-electron chi connectivity index (χ0n) is 21.0. The van der Waals surface area contributed by atoms with Crippen LogP contribution < -0.4 is 10.9 Å². The number of fused-ring (bicyclic) bond motifs is 2. The van der Waals surface area contributed by atoms with Gasteiger partial charge in [-0.1, -0.05) is 18.2 Å². The van der Waals surface area contributed by atoms with E-state index in [0.29, 0.717) is 35.8 Å².